The Morgan fingerprint density at radius 3 is 1.10 bits per heavy atom. The van der Waals surface area contributed by atoms with E-state index in [1.165, 1.54) is 0 Å². The van der Waals surface area contributed by atoms with Crippen LogP contribution in [0.15, 0.2) is 0 Å². The van der Waals surface area contributed by atoms with Crippen molar-refractivity contribution in [3.8, 4) is 0 Å². The summed E-state index contributed by atoms with van der Waals surface area (Å²) >= 11 is 0. The van der Waals surface area contributed by atoms with Crippen molar-refractivity contribution >= 4 is 35.6 Å². The highest BCUT2D eigenvalue weighted by molar-refractivity contribution is 5.94. The van der Waals surface area contributed by atoms with Crippen LogP contribution in [0, 0.1) is 16.7 Å². The molecule has 0 aromatic carbocycles. The van der Waals surface area contributed by atoms with E-state index in [2.05, 4.69) is 0 Å². The van der Waals surface area contributed by atoms with E-state index >= 15 is 0 Å². The minimum absolute atomic E-state index is 0.274. The minimum atomic E-state index is -1.60. The standard InChI is InChI=1S/C19H26O11/c20-12(21)1-5-18(6-2-13(22)23)9-11(16(28)29)10-19(17(18)30,7-3-14(24)25)8-4-15(26)27/h11H,1-10H2,(H,20,21)(H,22,23)(H,24,25)(H,26,27)(H,28,29). The summed E-state index contributed by atoms with van der Waals surface area (Å²) in [6.07, 6.45) is -3.80. The SMILES string of the molecule is O=C(O)CCC1(CCC(=O)O)CC(C(=O)O)CC(CCC(=O)O)(CCC(=O)O)C1=O. The molecule has 1 fully saturated rings. The van der Waals surface area contributed by atoms with Crippen molar-refractivity contribution in [3.63, 3.8) is 0 Å². The van der Waals surface area contributed by atoms with Crippen LogP contribution in [-0.4, -0.2) is 61.2 Å². The lowest BCUT2D eigenvalue weighted by Gasteiger charge is -2.49. The molecular formula is C19H26O11. The van der Waals surface area contributed by atoms with Crippen LogP contribution in [0.5, 0.6) is 0 Å². The molecule has 0 unspecified atom stereocenters. The first-order valence-electron chi connectivity index (χ1n) is 9.48. The van der Waals surface area contributed by atoms with E-state index < -0.39 is 78.1 Å². The van der Waals surface area contributed by atoms with Gasteiger partial charge >= 0.3 is 29.8 Å². The van der Waals surface area contributed by atoms with E-state index in [0.29, 0.717) is 0 Å². The lowest BCUT2D eigenvalue weighted by Crippen LogP contribution is -2.52. The van der Waals surface area contributed by atoms with Gasteiger partial charge in [-0.05, 0) is 38.5 Å². The zero-order chi connectivity index (χ0) is 23.1. The van der Waals surface area contributed by atoms with Crippen LogP contribution in [0.25, 0.3) is 0 Å². The molecule has 0 spiro atoms. The molecule has 1 saturated carbocycles. The highest BCUT2D eigenvalue weighted by atomic mass is 16.4. The zero-order valence-electron chi connectivity index (χ0n) is 16.3. The minimum Gasteiger partial charge on any atom is -0.481 e. The molecule has 0 radical (unpaired) electrons. The fraction of sp³-hybridized carbons (Fsp3) is 0.684. The molecule has 0 heterocycles. The number of ketones is 1. The number of hydrogen-bond acceptors (Lipinski definition) is 6. The van der Waals surface area contributed by atoms with Crippen molar-refractivity contribution in [2.45, 2.75) is 64.2 Å². The Morgan fingerprint density at radius 2 is 0.900 bits per heavy atom. The van der Waals surface area contributed by atoms with Gasteiger partial charge in [0.2, 0.25) is 0 Å². The third kappa shape index (κ3) is 6.53. The number of aliphatic carboxylic acids is 5. The predicted molar refractivity (Wildman–Crippen MR) is 97.7 cm³/mol. The van der Waals surface area contributed by atoms with Gasteiger partial charge in [-0.2, -0.15) is 0 Å². The van der Waals surface area contributed by atoms with Crippen molar-refractivity contribution in [3.05, 3.63) is 0 Å². The Morgan fingerprint density at radius 1 is 0.633 bits per heavy atom. The zero-order valence-corrected chi connectivity index (χ0v) is 16.3. The maximum atomic E-state index is 13.6. The quantitative estimate of drug-likeness (QED) is 0.283. The lowest BCUT2D eigenvalue weighted by atomic mass is 9.52. The number of carbonyl (C=O) groups is 6. The predicted octanol–water partition coefficient (Wildman–Crippen LogP) is 1.48. The summed E-state index contributed by atoms with van der Waals surface area (Å²) in [4.78, 5) is 70.0. The topological polar surface area (TPSA) is 204 Å². The van der Waals surface area contributed by atoms with Crippen LogP contribution in [0.3, 0.4) is 0 Å². The Kier molecular flexibility index (Phi) is 8.49. The summed E-state index contributed by atoms with van der Waals surface area (Å²) in [5.41, 5.74) is -3.20. The Bertz CT molecular complexity index is 636. The molecule has 30 heavy (non-hydrogen) atoms. The van der Waals surface area contributed by atoms with Gasteiger partial charge in [0, 0.05) is 36.5 Å². The second kappa shape index (κ2) is 10.2. The van der Waals surface area contributed by atoms with Crippen molar-refractivity contribution in [1.29, 1.82) is 0 Å². The van der Waals surface area contributed by atoms with Gasteiger partial charge in [0.05, 0.1) is 5.92 Å². The van der Waals surface area contributed by atoms with Crippen molar-refractivity contribution in [1.82, 2.24) is 0 Å². The summed E-state index contributed by atoms with van der Waals surface area (Å²) in [6, 6.07) is 0. The molecule has 11 heteroatoms. The molecule has 5 N–H and O–H groups in total. The molecule has 1 aliphatic rings. The van der Waals surface area contributed by atoms with E-state index in [9.17, 15) is 33.9 Å². The highest BCUT2D eigenvalue weighted by Crippen LogP contribution is 2.54. The van der Waals surface area contributed by atoms with Crippen LogP contribution in [0.1, 0.15) is 64.2 Å². The van der Waals surface area contributed by atoms with Gasteiger partial charge in [0.15, 0.2) is 0 Å². The molecule has 168 valence electrons. The van der Waals surface area contributed by atoms with E-state index in [-0.39, 0.29) is 38.5 Å². The average molecular weight is 430 g/mol. The first-order valence-corrected chi connectivity index (χ1v) is 9.48. The van der Waals surface area contributed by atoms with Crippen molar-refractivity contribution in [2.75, 3.05) is 0 Å². The summed E-state index contributed by atoms with van der Waals surface area (Å²) < 4.78 is 0. The first-order chi connectivity index (χ1) is 13.8. The Hall–Kier alpha value is -2.98. The summed E-state index contributed by atoms with van der Waals surface area (Å²) in [5, 5.41) is 45.9. The average Bonchev–Trinajstić information content (AvgIpc) is 2.64. The maximum Gasteiger partial charge on any atom is 0.306 e. The van der Waals surface area contributed by atoms with Gasteiger partial charge in [0.1, 0.15) is 5.78 Å². The Balaban J connectivity index is 3.50. The van der Waals surface area contributed by atoms with Gasteiger partial charge in [-0.15, -0.1) is 0 Å². The second-order valence-electron chi connectivity index (χ2n) is 7.91. The van der Waals surface area contributed by atoms with E-state index in [1.54, 1.807) is 0 Å². The summed E-state index contributed by atoms with van der Waals surface area (Å²) in [5.74, 6) is -8.08. The third-order valence-electron chi connectivity index (χ3n) is 5.86. The summed E-state index contributed by atoms with van der Waals surface area (Å²) in [6.45, 7) is 0. The van der Waals surface area contributed by atoms with Crippen LogP contribution < -0.4 is 0 Å². The molecule has 11 nitrogen and oxygen atoms in total. The van der Waals surface area contributed by atoms with Gasteiger partial charge in [-0.25, -0.2) is 0 Å². The highest BCUT2D eigenvalue weighted by Gasteiger charge is 2.56. The Labute approximate surface area is 171 Å². The van der Waals surface area contributed by atoms with Crippen LogP contribution in [-0.2, 0) is 28.8 Å². The van der Waals surface area contributed by atoms with Crippen molar-refractivity contribution in [2.24, 2.45) is 16.7 Å². The largest absolute Gasteiger partial charge is 0.481 e. The molecule has 0 aromatic heterocycles. The van der Waals surface area contributed by atoms with E-state index in [4.69, 9.17) is 20.4 Å². The molecule has 0 amide bonds. The molecule has 0 saturated heterocycles. The second-order valence-corrected chi connectivity index (χ2v) is 7.91. The molecular weight excluding hydrogens is 404 g/mol. The third-order valence-corrected chi connectivity index (χ3v) is 5.86. The van der Waals surface area contributed by atoms with E-state index in [0.717, 1.165) is 0 Å². The van der Waals surface area contributed by atoms with Crippen molar-refractivity contribution < 1.29 is 54.3 Å². The number of Topliss-reactive ketones (excluding diaryl/α,β-unsaturated/α-hetero) is 1. The lowest BCUT2D eigenvalue weighted by molar-refractivity contribution is -0.160. The number of carboxylic acids is 5. The van der Waals surface area contributed by atoms with Gasteiger partial charge in [-0.1, -0.05) is 0 Å². The summed E-state index contributed by atoms with van der Waals surface area (Å²) in [7, 11) is 0. The normalized spacial score (nSPS) is 17.9. The smallest absolute Gasteiger partial charge is 0.306 e. The molecule has 0 atom stereocenters. The molecule has 0 aliphatic heterocycles. The maximum absolute atomic E-state index is 13.6. The van der Waals surface area contributed by atoms with Gasteiger partial charge in [0.25, 0.3) is 0 Å². The number of hydrogen-bond donors (Lipinski definition) is 5. The fourth-order valence-electron chi connectivity index (χ4n) is 4.44. The number of carboxylic acid groups (broad SMARTS) is 5. The van der Waals surface area contributed by atoms with Crippen LogP contribution in [0.4, 0.5) is 0 Å². The van der Waals surface area contributed by atoms with Gasteiger partial charge in [-0.3, -0.25) is 28.8 Å². The molecule has 1 rings (SSSR count). The first kappa shape index (κ1) is 25.1. The fourth-order valence-corrected chi connectivity index (χ4v) is 4.44. The molecule has 1 aliphatic carbocycles. The van der Waals surface area contributed by atoms with Crippen LogP contribution in [0.2, 0.25) is 0 Å². The molecule has 0 bridgehead atoms. The van der Waals surface area contributed by atoms with Gasteiger partial charge < -0.3 is 25.5 Å². The molecule has 0 aromatic rings. The van der Waals surface area contributed by atoms with Crippen LogP contribution >= 0.6 is 0 Å². The van der Waals surface area contributed by atoms with E-state index in [1.807, 2.05) is 0 Å². The monoisotopic (exact) mass is 430 g/mol. The number of carbonyl (C=O) groups excluding carboxylic acids is 1. The number of rotatable bonds is 13.